The molecule has 0 amide bonds. The first-order chi connectivity index (χ1) is 20.8. The number of phenols is 2. The molecule has 0 bridgehead atoms. The van der Waals surface area contributed by atoms with Crippen LogP contribution in [0.25, 0.3) is 0 Å². The zero-order valence-electron chi connectivity index (χ0n) is 30.5. The number of ether oxygens (including phenoxy) is 2. The molecule has 0 aliphatic heterocycles. The molecule has 2 aromatic carbocycles. The summed E-state index contributed by atoms with van der Waals surface area (Å²) in [5.74, 6) is 1.42. The summed E-state index contributed by atoms with van der Waals surface area (Å²) >= 11 is 0. The normalized spacial score (nSPS) is 13.6. The van der Waals surface area contributed by atoms with Gasteiger partial charge in [-0.15, -0.1) is 0 Å². The summed E-state index contributed by atoms with van der Waals surface area (Å²) in [5.41, 5.74) is 2.78. The fraction of sp³-hybridized carbons (Fsp3) is 0.647. The summed E-state index contributed by atoms with van der Waals surface area (Å²) in [4.78, 5) is 21.7. The Bertz CT molecular complexity index is 1280. The number of benzene rings is 2. The van der Waals surface area contributed by atoms with Gasteiger partial charge in [-0.2, -0.15) is 0 Å². The van der Waals surface area contributed by atoms with Gasteiger partial charge >= 0.3 is 16.5 Å². The number of hydrogen-bond acceptors (Lipinski definition) is 10. The van der Waals surface area contributed by atoms with Gasteiger partial charge in [-0.3, -0.25) is 0 Å². The van der Waals surface area contributed by atoms with Crippen LogP contribution in [0.5, 0.6) is 23.0 Å². The molecule has 2 N–H and O–H groups in total. The average molecular weight is 745 g/mol. The van der Waals surface area contributed by atoms with E-state index in [1.165, 1.54) is 0 Å². The Labute approximate surface area is 293 Å². The van der Waals surface area contributed by atoms with Gasteiger partial charge in [0.2, 0.25) is 0 Å². The minimum absolute atomic E-state index is 0. The maximum Gasteiger partial charge on any atom is 2.00 e. The Hall–Kier alpha value is -1.57. The monoisotopic (exact) mass is 744 g/mol. The van der Waals surface area contributed by atoms with Gasteiger partial charge in [0, 0.05) is 33.4 Å². The van der Waals surface area contributed by atoms with E-state index in [9.17, 15) is 29.1 Å². The molecule has 272 valence electrons. The van der Waals surface area contributed by atoms with Crippen LogP contribution < -0.4 is 19.3 Å². The fourth-order valence-electron chi connectivity index (χ4n) is 5.06. The Morgan fingerprint density at radius 2 is 0.872 bits per heavy atom. The quantitative estimate of drug-likeness (QED) is 0.187. The van der Waals surface area contributed by atoms with Gasteiger partial charge in [-0.25, -0.2) is 0 Å². The van der Waals surface area contributed by atoms with Gasteiger partial charge in [0.1, 0.15) is 39.5 Å². The third kappa shape index (κ3) is 13.0. The summed E-state index contributed by atoms with van der Waals surface area (Å²) in [6.07, 6.45) is 0. The molecule has 10 nitrogen and oxygen atoms in total. The van der Waals surface area contributed by atoms with Crippen LogP contribution >= 0.6 is 16.5 Å². The fourth-order valence-corrected chi connectivity index (χ4v) is 5.61. The molecule has 0 aliphatic carbocycles. The minimum atomic E-state index is -3.29. The predicted octanol–water partition coefficient (Wildman–Crippen LogP) is 7.30. The summed E-state index contributed by atoms with van der Waals surface area (Å²) < 4.78 is 42.8. The van der Waals surface area contributed by atoms with Crippen LogP contribution in [0, 0.1) is 0 Å². The van der Waals surface area contributed by atoms with Gasteiger partial charge in [0.25, 0.3) is 0 Å². The summed E-state index contributed by atoms with van der Waals surface area (Å²) in [7, 11) is -6.57. The van der Waals surface area contributed by atoms with Crippen molar-refractivity contribution in [2.24, 2.45) is 0 Å². The number of aromatic hydroxyl groups is 2. The minimum Gasteiger partial charge on any atom is -0.781 e. The van der Waals surface area contributed by atoms with Crippen molar-refractivity contribution in [2.75, 3.05) is 13.2 Å². The molecule has 0 saturated heterocycles. The van der Waals surface area contributed by atoms with Crippen molar-refractivity contribution in [1.29, 1.82) is 0 Å². The van der Waals surface area contributed by atoms with Crippen LogP contribution in [0.1, 0.15) is 130 Å². The molecule has 0 radical (unpaired) electrons. The van der Waals surface area contributed by atoms with Gasteiger partial charge in [-0.1, -0.05) is 83.1 Å². The largest absolute Gasteiger partial charge is 2.00 e. The Kier molecular flexibility index (Phi) is 17.3. The van der Waals surface area contributed by atoms with Crippen LogP contribution in [0.2, 0.25) is 0 Å². The van der Waals surface area contributed by atoms with Crippen molar-refractivity contribution >= 4 is 16.5 Å². The Morgan fingerprint density at radius 1 is 0.596 bits per heavy atom. The molecule has 0 heterocycles. The molecule has 0 fully saturated rings. The maximum atomic E-state index is 10.8. The average Bonchev–Trinajstić information content (AvgIpc) is 2.85. The second-order valence-electron chi connectivity index (χ2n) is 15.2. The van der Waals surface area contributed by atoms with Crippen molar-refractivity contribution in [2.45, 2.75) is 132 Å². The summed E-state index contributed by atoms with van der Waals surface area (Å²) in [6, 6.07) is 3.56. The molecule has 0 spiro atoms. The molecule has 2 rings (SSSR count). The van der Waals surface area contributed by atoms with E-state index in [-0.39, 0.29) is 62.9 Å². The first-order valence-electron chi connectivity index (χ1n) is 15.5. The topological polar surface area (TPSA) is 158 Å². The Morgan fingerprint density at radius 3 is 1.06 bits per heavy atom. The first kappa shape index (κ1) is 45.4. The SMILES string of the molecule is CCOc1c(CO[PH](=O)[O-])cc(C(C)(C)C)c(O)c1C(C)(C)C.CCOc1c(CO[PH](=O)[O-])cc(C(C)(C)C)c(O)c1C(C)(C)C.[Ni+2]. The van der Waals surface area contributed by atoms with Crippen LogP contribution in [0.4, 0.5) is 0 Å². The Balaban J connectivity index is 0.000000882. The number of hydrogen-bond donors (Lipinski definition) is 2. The molecule has 0 saturated carbocycles. The maximum absolute atomic E-state index is 10.8. The van der Waals surface area contributed by atoms with Crippen molar-refractivity contribution in [3.63, 3.8) is 0 Å². The van der Waals surface area contributed by atoms with E-state index in [0.29, 0.717) is 47.0 Å². The van der Waals surface area contributed by atoms with E-state index < -0.39 is 16.5 Å². The van der Waals surface area contributed by atoms with Gasteiger partial charge < -0.3 is 47.7 Å². The molecule has 2 unspecified atom stereocenters. The van der Waals surface area contributed by atoms with Crippen LogP contribution in [-0.2, 0) is 69.5 Å². The molecular weight excluding hydrogens is 689 g/mol. The molecule has 13 heteroatoms. The molecule has 47 heavy (non-hydrogen) atoms. The van der Waals surface area contributed by atoms with E-state index in [1.807, 2.05) is 96.9 Å². The van der Waals surface area contributed by atoms with E-state index >= 15 is 0 Å². The second kappa shape index (κ2) is 17.9. The van der Waals surface area contributed by atoms with Crippen LogP contribution in [0.3, 0.4) is 0 Å². The van der Waals surface area contributed by atoms with Gasteiger partial charge in [0.05, 0.1) is 26.4 Å². The summed E-state index contributed by atoms with van der Waals surface area (Å²) in [6.45, 7) is 28.2. The molecular formula is C34H56NiO10P2. The molecule has 2 atom stereocenters. The number of rotatable bonds is 10. The molecule has 0 aromatic heterocycles. The zero-order valence-corrected chi connectivity index (χ0v) is 33.4. The van der Waals surface area contributed by atoms with Crippen LogP contribution in [-0.4, -0.2) is 23.4 Å². The summed E-state index contributed by atoms with van der Waals surface area (Å²) in [5, 5.41) is 21.7. The molecule has 2 aromatic rings. The predicted molar refractivity (Wildman–Crippen MR) is 181 cm³/mol. The third-order valence-electron chi connectivity index (χ3n) is 7.04. The van der Waals surface area contributed by atoms with Crippen molar-refractivity contribution < 1.29 is 64.1 Å². The molecule has 0 aliphatic rings. The smallest absolute Gasteiger partial charge is 0.781 e. The van der Waals surface area contributed by atoms with E-state index in [0.717, 1.165) is 11.1 Å². The van der Waals surface area contributed by atoms with E-state index in [2.05, 4.69) is 0 Å². The van der Waals surface area contributed by atoms with Gasteiger partial charge in [-0.05, 0) is 47.6 Å². The second-order valence-corrected chi connectivity index (χ2v) is 16.8. The van der Waals surface area contributed by atoms with Crippen molar-refractivity contribution in [3.8, 4) is 23.0 Å². The third-order valence-corrected chi connectivity index (χ3v) is 7.80. The van der Waals surface area contributed by atoms with E-state index in [1.54, 1.807) is 12.1 Å². The first-order valence-corrected chi connectivity index (χ1v) is 18.0. The number of phenolic OH excluding ortho intramolecular Hbond substituents is 2. The van der Waals surface area contributed by atoms with Crippen molar-refractivity contribution in [3.05, 3.63) is 45.5 Å². The zero-order chi connectivity index (χ0) is 36.0. The van der Waals surface area contributed by atoms with Crippen LogP contribution in [0.15, 0.2) is 12.1 Å². The standard InChI is InChI=1S/2C17H29O5P.Ni/c2*1-8-21-15-11(10-22-23(19)20)9-12(16(2,3)4)14(18)13(15)17(5,6)7;/h2*9,18,23H,8,10H2,1-7H3,(H,19,20);/q;;+2/p-2. The van der Waals surface area contributed by atoms with Crippen molar-refractivity contribution in [1.82, 2.24) is 0 Å². The van der Waals surface area contributed by atoms with E-state index in [4.69, 9.17) is 18.5 Å². The van der Waals surface area contributed by atoms with Gasteiger partial charge in [0.15, 0.2) is 0 Å².